The van der Waals surface area contributed by atoms with E-state index in [-0.39, 0.29) is 23.9 Å². The summed E-state index contributed by atoms with van der Waals surface area (Å²) in [6, 6.07) is 9.64. The Hall–Kier alpha value is -3.04. The molecule has 1 aliphatic rings. The molecule has 3 N–H and O–H groups in total. The van der Waals surface area contributed by atoms with E-state index in [0.717, 1.165) is 50.1 Å². The first-order valence-electron chi connectivity index (χ1n) is 12.3. The van der Waals surface area contributed by atoms with Crippen LogP contribution in [0.2, 0.25) is 0 Å². The van der Waals surface area contributed by atoms with Gasteiger partial charge in [0, 0.05) is 30.2 Å². The van der Waals surface area contributed by atoms with Gasteiger partial charge >= 0.3 is 0 Å². The van der Waals surface area contributed by atoms with Crippen molar-refractivity contribution in [3.63, 3.8) is 0 Å². The van der Waals surface area contributed by atoms with E-state index < -0.39 is 0 Å². The molecule has 1 aliphatic heterocycles. The number of halogens is 1. The average molecular weight is 507 g/mol. The van der Waals surface area contributed by atoms with Crippen LogP contribution in [0.4, 0.5) is 10.1 Å². The highest BCUT2D eigenvalue weighted by Gasteiger charge is 2.28. The fraction of sp³-hybridized carbons (Fsp3) is 0.519. The fourth-order valence-corrected chi connectivity index (χ4v) is 2.86. The first-order valence-corrected chi connectivity index (χ1v) is 12.3. The molecule has 0 spiro atoms. The van der Waals surface area contributed by atoms with E-state index in [4.69, 9.17) is 9.47 Å². The SMILES string of the molecule is CCC.CNCCCNC=O.COc1cccc(F)c1.Cc1cc(NC(=O)C2CCC(C)O2)ccn1. The number of carbonyl (C=O) groups excluding carboxylic acids is 2. The third-order valence-electron chi connectivity index (χ3n) is 4.55. The Bertz CT molecular complexity index is 854. The predicted molar refractivity (Wildman–Crippen MR) is 143 cm³/mol. The maximum absolute atomic E-state index is 12.3. The number of pyridine rings is 1. The molecule has 1 fully saturated rings. The second kappa shape index (κ2) is 21.3. The number of hydrogen-bond donors (Lipinski definition) is 3. The van der Waals surface area contributed by atoms with E-state index in [1.165, 1.54) is 25.7 Å². The number of anilines is 1. The van der Waals surface area contributed by atoms with Crippen molar-refractivity contribution in [2.24, 2.45) is 0 Å². The van der Waals surface area contributed by atoms with Crippen LogP contribution in [0.25, 0.3) is 0 Å². The summed E-state index contributed by atoms with van der Waals surface area (Å²) in [5.74, 6) is 0.222. The van der Waals surface area contributed by atoms with Crippen LogP contribution in [0.5, 0.6) is 5.75 Å². The minimum Gasteiger partial charge on any atom is -0.497 e. The van der Waals surface area contributed by atoms with Crippen LogP contribution in [-0.2, 0) is 14.3 Å². The molecule has 2 aromatic rings. The van der Waals surface area contributed by atoms with Gasteiger partial charge in [-0.05, 0) is 71.0 Å². The summed E-state index contributed by atoms with van der Waals surface area (Å²) in [5.41, 5.74) is 1.67. The number of carbonyl (C=O) groups is 2. The smallest absolute Gasteiger partial charge is 0.253 e. The standard InChI is InChI=1S/C12H16N2O2.C7H7FO.C5H12N2O.C3H8/c1-8-7-10(5-6-13-8)14-12(15)11-4-3-9(2)16-11;1-9-7-4-2-3-6(8)5-7;1-6-3-2-4-7-5-8;1-3-2/h5-7,9,11H,3-4H2,1-2H3,(H,13,14,15);2-5H,1H3;5-6H,2-4H2,1H3,(H,7,8);3H2,1-2H3. The summed E-state index contributed by atoms with van der Waals surface area (Å²) in [6.45, 7) is 9.86. The topological polar surface area (TPSA) is 102 Å². The minimum atomic E-state index is -0.302. The Labute approximate surface area is 215 Å². The van der Waals surface area contributed by atoms with Gasteiger partial charge in [0.1, 0.15) is 17.7 Å². The van der Waals surface area contributed by atoms with Crippen molar-refractivity contribution in [1.29, 1.82) is 0 Å². The van der Waals surface area contributed by atoms with Crippen LogP contribution in [-0.4, -0.2) is 56.8 Å². The molecule has 2 atom stereocenters. The van der Waals surface area contributed by atoms with E-state index in [2.05, 4.69) is 34.8 Å². The molecular weight excluding hydrogens is 463 g/mol. The quantitative estimate of drug-likeness (QED) is 0.360. The lowest BCUT2D eigenvalue weighted by atomic mass is 10.2. The van der Waals surface area contributed by atoms with Crippen LogP contribution in [0.3, 0.4) is 0 Å². The zero-order valence-corrected chi connectivity index (χ0v) is 22.5. The number of nitrogens with zero attached hydrogens (tertiary/aromatic N) is 1. The van der Waals surface area contributed by atoms with E-state index in [9.17, 15) is 14.0 Å². The van der Waals surface area contributed by atoms with Gasteiger partial charge in [0.05, 0.1) is 13.2 Å². The number of benzene rings is 1. The van der Waals surface area contributed by atoms with Crippen LogP contribution < -0.4 is 20.7 Å². The highest BCUT2D eigenvalue weighted by atomic mass is 19.1. The maximum Gasteiger partial charge on any atom is 0.253 e. The number of hydrogen-bond acceptors (Lipinski definition) is 6. The van der Waals surface area contributed by atoms with Crippen LogP contribution in [0, 0.1) is 12.7 Å². The first kappa shape index (κ1) is 33.0. The van der Waals surface area contributed by atoms with Gasteiger partial charge in [-0.15, -0.1) is 0 Å². The number of methoxy groups -OCH3 is 1. The van der Waals surface area contributed by atoms with Crippen molar-refractivity contribution < 1.29 is 23.5 Å². The monoisotopic (exact) mass is 506 g/mol. The maximum atomic E-state index is 12.3. The number of nitrogens with one attached hydrogen (secondary N) is 3. The van der Waals surface area contributed by atoms with Gasteiger partial charge in [0.15, 0.2) is 0 Å². The highest BCUT2D eigenvalue weighted by Crippen LogP contribution is 2.20. The number of rotatable bonds is 8. The van der Waals surface area contributed by atoms with E-state index in [1.54, 1.807) is 24.4 Å². The minimum absolute atomic E-state index is 0.0602. The van der Waals surface area contributed by atoms with Gasteiger partial charge in [0.25, 0.3) is 5.91 Å². The third kappa shape index (κ3) is 16.6. The summed E-state index contributed by atoms with van der Waals surface area (Å²) < 4.78 is 22.5. The summed E-state index contributed by atoms with van der Waals surface area (Å²) in [4.78, 5) is 25.5. The lowest BCUT2D eigenvalue weighted by Gasteiger charge is -2.11. The Morgan fingerprint density at radius 1 is 1.22 bits per heavy atom. The van der Waals surface area contributed by atoms with Crippen molar-refractivity contribution in [3.8, 4) is 5.75 Å². The molecule has 2 amide bonds. The van der Waals surface area contributed by atoms with Crippen molar-refractivity contribution in [1.82, 2.24) is 15.6 Å². The van der Waals surface area contributed by atoms with Crippen molar-refractivity contribution in [2.45, 2.75) is 65.6 Å². The summed E-state index contributed by atoms with van der Waals surface area (Å²) in [6.07, 6.45) is 6.29. The lowest BCUT2D eigenvalue weighted by Crippen LogP contribution is -2.27. The van der Waals surface area contributed by atoms with Gasteiger partial charge in [-0.2, -0.15) is 0 Å². The van der Waals surface area contributed by atoms with E-state index >= 15 is 0 Å². The zero-order chi connectivity index (χ0) is 27.2. The summed E-state index contributed by atoms with van der Waals surface area (Å²) in [7, 11) is 3.40. The molecule has 0 radical (unpaired) electrons. The van der Waals surface area contributed by atoms with Crippen molar-refractivity contribution >= 4 is 18.0 Å². The number of ether oxygens (including phenoxy) is 2. The van der Waals surface area contributed by atoms with Crippen LogP contribution in [0.1, 0.15) is 52.1 Å². The van der Waals surface area contributed by atoms with Gasteiger partial charge in [-0.1, -0.05) is 26.3 Å². The largest absolute Gasteiger partial charge is 0.497 e. The molecule has 1 aromatic carbocycles. The first-order chi connectivity index (χ1) is 17.3. The van der Waals surface area contributed by atoms with Crippen molar-refractivity contribution in [3.05, 3.63) is 54.1 Å². The molecule has 0 aliphatic carbocycles. The second-order valence-electron chi connectivity index (χ2n) is 8.09. The number of aryl methyl sites for hydroxylation is 1. The molecule has 0 bridgehead atoms. The summed E-state index contributed by atoms with van der Waals surface area (Å²) in [5, 5.41) is 8.37. The van der Waals surface area contributed by atoms with Crippen LogP contribution in [0.15, 0.2) is 42.6 Å². The number of amides is 2. The molecule has 36 heavy (non-hydrogen) atoms. The fourth-order valence-electron chi connectivity index (χ4n) is 2.86. The molecule has 9 heteroatoms. The molecule has 2 heterocycles. The predicted octanol–water partition coefficient (Wildman–Crippen LogP) is 4.49. The Balaban J connectivity index is 0.000000523. The molecular formula is C27H43FN4O4. The van der Waals surface area contributed by atoms with Gasteiger partial charge in [0.2, 0.25) is 6.41 Å². The zero-order valence-electron chi connectivity index (χ0n) is 22.5. The van der Waals surface area contributed by atoms with Gasteiger partial charge < -0.3 is 25.4 Å². The van der Waals surface area contributed by atoms with Crippen molar-refractivity contribution in [2.75, 3.05) is 32.6 Å². The number of aromatic nitrogens is 1. The molecule has 3 rings (SSSR count). The van der Waals surface area contributed by atoms with Gasteiger partial charge in [-0.25, -0.2) is 4.39 Å². The van der Waals surface area contributed by atoms with E-state index in [0.29, 0.717) is 5.75 Å². The average Bonchev–Trinajstić information content (AvgIpc) is 3.30. The second-order valence-corrected chi connectivity index (χ2v) is 8.09. The Kier molecular flexibility index (Phi) is 19.5. The molecule has 0 saturated carbocycles. The molecule has 202 valence electrons. The summed E-state index contributed by atoms with van der Waals surface area (Å²) >= 11 is 0. The van der Waals surface area contributed by atoms with Crippen LogP contribution >= 0.6 is 0 Å². The Morgan fingerprint density at radius 3 is 2.44 bits per heavy atom. The normalized spacial score (nSPS) is 15.5. The Morgan fingerprint density at radius 2 is 1.94 bits per heavy atom. The highest BCUT2D eigenvalue weighted by molar-refractivity contribution is 5.94. The molecule has 8 nitrogen and oxygen atoms in total. The van der Waals surface area contributed by atoms with E-state index in [1.807, 2.05) is 27.0 Å². The third-order valence-corrected chi connectivity index (χ3v) is 4.55. The van der Waals surface area contributed by atoms with Gasteiger partial charge in [-0.3, -0.25) is 14.6 Å². The molecule has 2 unspecified atom stereocenters. The lowest BCUT2D eigenvalue weighted by molar-refractivity contribution is -0.126. The molecule has 1 aromatic heterocycles. The molecule has 1 saturated heterocycles.